The minimum absolute atomic E-state index is 0.432. The van der Waals surface area contributed by atoms with Crippen LogP contribution in [0, 0.1) is 41.5 Å². The molecular weight excluding hydrogens is 751 g/mol. The zero-order valence-electron chi connectivity index (χ0n) is 37.7. The minimum atomic E-state index is 0.432. The van der Waals surface area contributed by atoms with Crippen molar-refractivity contribution in [3.05, 3.63) is 221 Å². The van der Waals surface area contributed by atoms with E-state index in [9.17, 15) is 0 Å². The van der Waals surface area contributed by atoms with Gasteiger partial charge < -0.3 is 9.80 Å². The fourth-order valence-corrected chi connectivity index (χ4v) is 9.18. The molecule has 3 nitrogen and oxygen atoms in total. The number of hydrogen-bond acceptors (Lipinski definition) is 3. The number of benzene rings is 7. The van der Waals surface area contributed by atoms with Crippen LogP contribution in [0.3, 0.4) is 0 Å². The second kappa shape index (κ2) is 18.5. The van der Waals surface area contributed by atoms with Crippen LogP contribution in [0.1, 0.15) is 83.0 Å². The topological polar surface area (TPSA) is 19.4 Å². The third-order valence-corrected chi connectivity index (χ3v) is 12.5. The van der Waals surface area contributed by atoms with E-state index in [0.29, 0.717) is 11.8 Å². The van der Waals surface area contributed by atoms with Gasteiger partial charge in [0.15, 0.2) is 0 Å². The highest BCUT2D eigenvalue weighted by atomic mass is 15.1. The second-order valence-electron chi connectivity index (χ2n) is 17.3. The van der Waals surface area contributed by atoms with Gasteiger partial charge in [-0.3, -0.25) is 4.98 Å². The standard InChI is InChI=1S/C59H59N3/c1-9-47(36-43(5)48-22-24-49(25-23-48)57-21-10-11-32-60-57)56-29-28-55(39-44(56)6)62(54-20-14-17-42(4)35-54)59-31-27-51(38-46(59)8)50-26-30-58(45(7)37-50)61(52-18-12-15-40(2)33-52)53-19-13-16-41(3)34-53/h10-35,37-39,43,47H,9,36H2,1-8H3. The van der Waals surface area contributed by atoms with E-state index < -0.39 is 0 Å². The second-order valence-corrected chi connectivity index (χ2v) is 17.3. The zero-order chi connectivity index (χ0) is 43.3. The van der Waals surface area contributed by atoms with Crippen molar-refractivity contribution in [3.8, 4) is 22.4 Å². The number of aryl methyl sites for hydroxylation is 6. The van der Waals surface area contributed by atoms with Gasteiger partial charge in [-0.15, -0.1) is 0 Å². The van der Waals surface area contributed by atoms with E-state index in [4.69, 9.17) is 0 Å². The molecule has 0 spiro atoms. The first-order chi connectivity index (χ1) is 30.1. The first-order valence-electron chi connectivity index (χ1n) is 22.2. The molecule has 8 rings (SSSR count). The van der Waals surface area contributed by atoms with Gasteiger partial charge in [-0.05, 0) is 207 Å². The van der Waals surface area contributed by atoms with Crippen molar-refractivity contribution in [1.82, 2.24) is 4.98 Å². The number of pyridine rings is 1. The molecular formula is C59H59N3. The Morgan fingerprint density at radius 1 is 0.452 bits per heavy atom. The highest BCUT2D eigenvalue weighted by Gasteiger charge is 2.22. The number of nitrogens with zero attached hydrogens (tertiary/aromatic N) is 3. The average molecular weight is 810 g/mol. The van der Waals surface area contributed by atoms with Crippen molar-refractivity contribution in [2.45, 2.75) is 80.1 Å². The molecule has 0 aliphatic heterocycles. The molecule has 62 heavy (non-hydrogen) atoms. The molecule has 0 amide bonds. The normalized spacial score (nSPS) is 12.2. The van der Waals surface area contributed by atoms with Gasteiger partial charge in [-0.2, -0.15) is 0 Å². The summed E-state index contributed by atoms with van der Waals surface area (Å²) in [5, 5.41) is 0. The van der Waals surface area contributed by atoms with E-state index in [1.165, 1.54) is 72.7 Å². The molecule has 7 aromatic carbocycles. The number of hydrogen-bond donors (Lipinski definition) is 0. The van der Waals surface area contributed by atoms with Crippen LogP contribution >= 0.6 is 0 Å². The Bertz CT molecular complexity index is 2760. The molecule has 0 saturated heterocycles. The van der Waals surface area contributed by atoms with Gasteiger partial charge in [0.05, 0.1) is 5.69 Å². The van der Waals surface area contributed by atoms with Crippen LogP contribution in [0.15, 0.2) is 176 Å². The van der Waals surface area contributed by atoms with Gasteiger partial charge in [0.1, 0.15) is 0 Å². The summed E-state index contributed by atoms with van der Waals surface area (Å²) in [4.78, 5) is 9.36. The van der Waals surface area contributed by atoms with Crippen molar-refractivity contribution in [1.29, 1.82) is 0 Å². The Hall–Kier alpha value is -6.71. The quantitative estimate of drug-likeness (QED) is 0.116. The van der Waals surface area contributed by atoms with Crippen LogP contribution < -0.4 is 9.80 Å². The molecule has 3 heteroatoms. The maximum Gasteiger partial charge on any atom is 0.0701 e. The summed E-state index contributed by atoms with van der Waals surface area (Å²) in [6, 6.07) is 62.5. The summed E-state index contributed by atoms with van der Waals surface area (Å²) in [6.45, 7) is 18.0. The first kappa shape index (κ1) is 42.0. The molecule has 0 aliphatic rings. The lowest BCUT2D eigenvalue weighted by Crippen LogP contribution is -2.13. The molecule has 2 atom stereocenters. The molecule has 0 aliphatic carbocycles. The molecule has 1 aromatic heterocycles. The highest BCUT2D eigenvalue weighted by Crippen LogP contribution is 2.43. The maximum atomic E-state index is 4.54. The molecule has 0 saturated carbocycles. The lowest BCUT2D eigenvalue weighted by Gasteiger charge is -2.29. The van der Waals surface area contributed by atoms with Crippen molar-refractivity contribution in [2.75, 3.05) is 9.80 Å². The van der Waals surface area contributed by atoms with Crippen LogP contribution in [0.4, 0.5) is 34.1 Å². The first-order valence-corrected chi connectivity index (χ1v) is 22.2. The highest BCUT2D eigenvalue weighted by molar-refractivity contribution is 5.84. The van der Waals surface area contributed by atoms with Gasteiger partial charge >= 0.3 is 0 Å². The predicted octanol–water partition coefficient (Wildman–Crippen LogP) is 16.9. The minimum Gasteiger partial charge on any atom is -0.310 e. The van der Waals surface area contributed by atoms with Gasteiger partial charge in [0, 0.05) is 45.9 Å². The lowest BCUT2D eigenvalue weighted by atomic mass is 9.82. The van der Waals surface area contributed by atoms with Gasteiger partial charge in [0.2, 0.25) is 0 Å². The fourth-order valence-electron chi connectivity index (χ4n) is 9.18. The van der Waals surface area contributed by atoms with Crippen molar-refractivity contribution in [2.24, 2.45) is 0 Å². The van der Waals surface area contributed by atoms with Crippen LogP contribution in [0.25, 0.3) is 22.4 Å². The van der Waals surface area contributed by atoms with Crippen LogP contribution in [0.2, 0.25) is 0 Å². The van der Waals surface area contributed by atoms with Crippen molar-refractivity contribution >= 4 is 34.1 Å². The molecule has 310 valence electrons. The zero-order valence-corrected chi connectivity index (χ0v) is 37.7. The molecule has 0 N–H and O–H groups in total. The predicted molar refractivity (Wildman–Crippen MR) is 265 cm³/mol. The van der Waals surface area contributed by atoms with E-state index in [1.807, 2.05) is 18.3 Å². The molecule has 8 aromatic rings. The van der Waals surface area contributed by atoms with E-state index in [2.05, 4.69) is 228 Å². The Labute approximate surface area is 370 Å². The number of aromatic nitrogens is 1. The Balaban J connectivity index is 1.08. The summed E-state index contributed by atoms with van der Waals surface area (Å²) < 4.78 is 0. The summed E-state index contributed by atoms with van der Waals surface area (Å²) in [5.74, 6) is 0.889. The van der Waals surface area contributed by atoms with Crippen LogP contribution in [-0.2, 0) is 0 Å². The lowest BCUT2D eigenvalue weighted by molar-refractivity contribution is 0.542. The summed E-state index contributed by atoms with van der Waals surface area (Å²) in [5.41, 5.74) is 21.9. The molecule has 1 heterocycles. The Morgan fingerprint density at radius 2 is 0.952 bits per heavy atom. The van der Waals surface area contributed by atoms with E-state index in [1.54, 1.807) is 0 Å². The largest absolute Gasteiger partial charge is 0.310 e. The smallest absolute Gasteiger partial charge is 0.0701 e. The Kier molecular flexibility index (Phi) is 12.5. The van der Waals surface area contributed by atoms with Crippen molar-refractivity contribution in [3.63, 3.8) is 0 Å². The fraction of sp³-hybridized carbons (Fsp3) is 0.203. The Morgan fingerprint density at radius 3 is 1.39 bits per heavy atom. The molecule has 0 fully saturated rings. The van der Waals surface area contributed by atoms with Gasteiger partial charge in [-0.25, -0.2) is 0 Å². The van der Waals surface area contributed by atoms with E-state index in [-0.39, 0.29) is 0 Å². The molecule has 0 radical (unpaired) electrons. The molecule has 2 unspecified atom stereocenters. The molecule has 0 bridgehead atoms. The summed E-state index contributed by atoms with van der Waals surface area (Å²) in [7, 11) is 0. The van der Waals surface area contributed by atoms with Gasteiger partial charge in [-0.1, -0.05) is 98.8 Å². The number of anilines is 6. The van der Waals surface area contributed by atoms with Crippen LogP contribution in [-0.4, -0.2) is 4.98 Å². The number of rotatable bonds is 13. The summed E-state index contributed by atoms with van der Waals surface area (Å²) >= 11 is 0. The van der Waals surface area contributed by atoms with Gasteiger partial charge in [0.25, 0.3) is 0 Å². The maximum absolute atomic E-state index is 4.54. The van der Waals surface area contributed by atoms with E-state index >= 15 is 0 Å². The summed E-state index contributed by atoms with van der Waals surface area (Å²) in [6.07, 6.45) is 4.05. The third kappa shape index (κ3) is 9.14. The monoisotopic (exact) mass is 809 g/mol. The average Bonchev–Trinajstić information content (AvgIpc) is 3.27. The SMILES string of the molecule is CCC(CC(C)c1ccc(-c2ccccn2)cc1)c1ccc(N(c2cccc(C)c2)c2ccc(-c3ccc(N(c4cccc(C)c4)c4cccc(C)c4)c(C)c3)cc2C)cc1C. The third-order valence-electron chi connectivity index (χ3n) is 12.5. The van der Waals surface area contributed by atoms with Crippen LogP contribution in [0.5, 0.6) is 0 Å². The van der Waals surface area contributed by atoms with Crippen molar-refractivity contribution < 1.29 is 0 Å². The van der Waals surface area contributed by atoms with E-state index in [0.717, 1.165) is 41.2 Å².